The highest BCUT2D eigenvalue weighted by molar-refractivity contribution is 5.51. The van der Waals surface area contributed by atoms with Gasteiger partial charge in [0.25, 0.3) is 0 Å². The van der Waals surface area contributed by atoms with Crippen molar-refractivity contribution >= 4 is 0 Å². The lowest BCUT2D eigenvalue weighted by atomic mass is 9.76. The van der Waals surface area contributed by atoms with Crippen LogP contribution in [-0.2, 0) is 13.0 Å². The van der Waals surface area contributed by atoms with Gasteiger partial charge in [-0.05, 0) is 49.1 Å². The van der Waals surface area contributed by atoms with Gasteiger partial charge in [-0.1, -0.05) is 30.3 Å². The smallest absolute Gasteiger partial charge is 0.152 e. The Bertz CT molecular complexity index is 873. The summed E-state index contributed by atoms with van der Waals surface area (Å²) in [5, 5.41) is 10.6. The summed E-state index contributed by atoms with van der Waals surface area (Å²) >= 11 is 0. The second-order valence-electron chi connectivity index (χ2n) is 8.08. The maximum Gasteiger partial charge on any atom is 0.152 e. The molecule has 0 amide bonds. The van der Waals surface area contributed by atoms with Crippen molar-refractivity contribution in [2.24, 2.45) is 11.3 Å². The number of nitrogens with one attached hydrogen (secondary N) is 2. The number of furan rings is 1. The van der Waals surface area contributed by atoms with E-state index in [2.05, 4.69) is 56.8 Å². The summed E-state index contributed by atoms with van der Waals surface area (Å²) in [4.78, 5) is 2.58. The van der Waals surface area contributed by atoms with Crippen LogP contribution in [-0.4, -0.2) is 41.3 Å². The Labute approximate surface area is 159 Å². The second-order valence-corrected chi connectivity index (χ2v) is 8.08. The molecule has 2 atom stereocenters. The zero-order valence-electron chi connectivity index (χ0n) is 15.5. The first-order chi connectivity index (χ1) is 13.3. The maximum atomic E-state index is 6.05. The molecule has 2 aliphatic heterocycles. The van der Waals surface area contributed by atoms with Gasteiger partial charge in [0.1, 0.15) is 11.5 Å². The fourth-order valence-corrected chi connectivity index (χ4v) is 4.87. The standard InChI is InChI=1S/C22H26N4O/c1-2-4-17(5-3-1)8-10-22-15-23-12-18(22)13-26(16-22)14-19-6-7-21(27-19)20-9-11-24-25-20/h1-7,9,11,18,23H,8,10,12-16H2,(H,24,25). The van der Waals surface area contributed by atoms with Crippen molar-refractivity contribution in [2.75, 3.05) is 26.2 Å². The van der Waals surface area contributed by atoms with Crippen LogP contribution in [0.4, 0.5) is 0 Å². The summed E-state index contributed by atoms with van der Waals surface area (Å²) in [7, 11) is 0. The molecule has 0 bridgehead atoms. The number of rotatable bonds is 6. The van der Waals surface area contributed by atoms with E-state index in [1.54, 1.807) is 6.20 Å². The Balaban J connectivity index is 1.25. The van der Waals surface area contributed by atoms with Crippen LogP contribution in [0.3, 0.4) is 0 Å². The van der Waals surface area contributed by atoms with Crippen LogP contribution >= 0.6 is 0 Å². The first kappa shape index (κ1) is 16.8. The van der Waals surface area contributed by atoms with Gasteiger partial charge in [-0.3, -0.25) is 10.00 Å². The highest BCUT2D eigenvalue weighted by atomic mass is 16.3. The van der Waals surface area contributed by atoms with E-state index in [9.17, 15) is 0 Å². The molecular weight excluding hydrogens is 336 g/mol. The number of hydrogen-bond donors (Lipinski definition) is 2. The van der Waals surface area contributed by atoms with E-state index in [4.69, 9.17) is 4.42 Å². The van der Waals surface area contributed by atoms with E-state index in [-0.39, 0.29) is 0 Å². The number of fused-ring (bicyclic) bond motifs is 1. The van der Waals surface area contributed by atoms with Crippen LogP contribution in [0.5, 0.6) is 0 Å². The molecule has 2 unspecified atom stereocenters. The molecule has 2 aliphatic rings. The van der Waals surface area contributed by atoms with E-state index in [1.807, 2.05) is 12.1 Å². The topological polar surface area (TPSA) is 57.1 Å². The Hall–Kier alpha value is -2.37. The van der Waals surface area contributed by atoms with E-state index < -0.39 is 0 Å². The van der Waals surface area contributed by atoms with Crippen LogP contribution in [0.25, 0.3) is 11.5 Å². The third-order valence-corrected chi connectivity index (χ3v) is 6.31. The minimum absolute atomic E-state index is 0.397. The monoisotopic (exact) mass is 362 g/mol. The van der Waals surface area contributed by atoms with E-state index >= 15 is 0 Å². The molecule has 0 saturated carbocycles. The van der Waals surface area contributed by atoms with E-state index in [0.29, 0.717) is 5.41 Å². The molecule has 2 saturated heterocycles. The van der Waals surface area contributed by atoms with Crippen LogP contribution in [0.1, 0.15) is 17.7 Å². The van der Waals surface area contributed by atoms with Crippen molar-refractivity contribution in [2.45, 2.75) is 19.4 Å². The average molecular weight is 362 g/mol. The summed E-state index contributed by atoms with van der Waals surface area (Å²) in [5.74, 6) is 2.64. The molecular formula is C22H26N4O. The molecule has 0 spiro atoms. The Morgan fingerprint density at radius 3 is 2.93 bits per heavy atom. The fourth-order valence-electron chi connectivity index (χ4n) is 4.87. The molecule has 3 aromatic rings. The maximum absolute atomic E-state index is 6.05. The number of aryl methyl sites for hydroxylation is 1. The van der Waals surface area contributed by atoms with Crippen molar-refractivity contribution in [3.05, 3.63) is 66.1 Å². The molecule has 1 aromatic carbocycles. The van der Waals surface area contributed by atoms with Crippen LogP contribution < -0.4 is 5.32 Å². The van der Waals surface area contributed by atoms with Crippen LogP contribution in [0.2, 0.25) is 0 Å². The van der Waals surface area contributed by atoms with Gasteiger partial charge in [0.15, 0.2) is 5.76 Å². The highest BCUT2D eigenvalue weighted by Gasteiger charge is 2.48. The molecule has 5 heteroatoms. The third-order valence-electron chi connectivity index (χ3n) is 6.31. The van der Waals surface area contributed by atoms with Gasteiger partial charge in [0.2, 0.25) is 0 Å². The van der Waals surface area contributed by atoms with Gasteiger partial charge >= 0.3 is 0 Å². The van der Waals surface area contributed by atoms with Gasteiger partial charge < -0.3 is 9.73 Å². The van der Waals surface area contributed by atoms with Crippen molar-refractivity contribution in [3.63, 3.8) is 0 Å². The first-order valence-electron chi connectivity index (χ1n) is 9.86. The summed E-state index contributed by atoms with van der Waals surface area (Å²) in [5.41, 5.74) is 2.78. The first-order valence-corrected chi connectivity index (χ1v) is 9.86. The van der Waals surface area contributed by atoms with Crippen molar-refractivity contribution in [3.8, 4) is 11.5 Å². The SMILES string of the molecule is c1ccc(CCC23CNCC2CN(Cc2ccc(-c4ccn[nH]4)o2)C3)cc1. The lowest BCUT2D eigenvalue weighted by Gasteiger charge is -2.28. The number of nitrogens with zero attached hydrogens (tertiary/aromatic N) is 2. The molecule has 2 aromatic heterocycles. The van der Waals surface area contributed by atoms with Gasteiger partial charge in [-0.2, -0.15) is 5.10 Å². The molecule has 5 rings (SSSR count). The molecule has 140 valence electrons. The normalized spacial score (nSPS) is 25.1. The van der Waals surface area contributed by atoms with Crippen molar-refractivity contribution in [1.82, 2.24) is 20.4 Å². The molecule has 2 fully saturated rings. The number of hydrogen-bond acceptors (Lipinski definition) is 4. The Morgan fingerprint density at radius 2 is 2.07 bits per heavy atom. The fraction of sp³-hybridized carbons (Fsp3) is 0.409. The van der Waals surface area contributed by atoms with Crippen molar-refractivity contribution in [1.29, 1.82) is 0 Å². The van der Waals surface area contributed by atoms with Crippen molar-refractivity contribution < 1.29 is 4.42 Å². The minimum atomic E-state index is 0.397. The quantitative estimate of drug-likeness (QED) is 0.706. The summed E-state index contributed by atoms with van der Waals surface area (Å²) in [6, 6.07) is 17.0. The highest BCUT2D eigenvalue weighted by Crippen LogP contribution is 2.43. The average Bonchev–Trinajstić information content (AvgIpc) is 3.45. The number of benzene rings is 1. The number of H-pyrrole nitrogens is 1. The summed E-state index contributed by atoms with van der Waals surface area (Å²) < 4.78 is 6.05. The third kappa shape index (κ3) is 3.33. The predicted molar refractivity (Wildman–Crippen MR) is 105 cm³/mol. The predicted octanol–water partition coefficient (Wildman–Crippen LogP) is 3.32. The summed E-state index contributed by atoms with van der Waals surface area (Å²) in [6.45, 7) is 5.47. The zero-order valence-corrected chi connectivity index (χ0v) is 15.5. The lowest BCUT2D eigenvalue weighted by molar-refractivity contribution is 0.228. The van der Waals surface area contributed by atoms with Gasteiger partial charge in [-0.25, -0.2) is 0 Å². The molecule has 27 heavy (non-hydrogen) atoms. The summed E-state index contributed by atoms with van der Waals surface area (Å²) in [6.07, 6.45) is 4.17. The van der Waals surface area contributed by atoms with Gasteiger partial charge in [0.05, 0.1) is 6.54 Å². The largest absolute Gasteiger partial charge is 0.458 e. The minimum Gasteiger partial charge on any atom is -0.458 e. The Kier molecular flexibility index (Phi) is 4.34. The number of likely N-dealkylation sites (tertiary alicyclic amines) is 1. The van der Waals surface area contributed by atoms with Crippen LogP contribution in [0.15, 0.2) is 59.1 Å². The molecule has 5 nitrogen and oxygen atoms in total. The lowest BCUT2D eigenvalue weighted by Crippen LogP contribution is -2.33. The molecule has 0 aliphatic carbocycles. The number of aromatic amines is 1. The Morgan fingerprint density at radius 1 is 1.15 bits per heavy atom. The van der Waals surface area contributed by atoms with Gasteiger partial charge in [-0.15, -0.1) is 0 Å². The second kappa shape index (κ2) is 6.98. The molecule has 4 heterocycles. The van der Waals surface area contributed by atoms with Crippen LogP contribution in [0, 0.1) is 11.3 Å². The van der Waals surface area contributed by atoms with E-state index in [1.165, 1.54) is 12.0 Å². The number of aromatic nitrogens is 2. The van der Waals surface area contributed by atoms with E-state index in [0.717, 1.165) is 62.3 Å². The molecule has 2 N–H and O–H groups in total. The van der Waals surface area contributed by atoms with Gasteiger partial charge in [0, 0.05) is 31.2 Å². The zero-order chi connectivity index (χ0) is 18.1. The molecule has 0 radical (unpaired) electrons.